The van der Waals surface area contributed by atoms with Crippen LogP contribution in [-0.2, 0) is 6.54 Å². The van der Waals surface area contributed by atoms with E-state index in [0.29, 0.717) is 17.5 Å². The fourth-order valence-corrected chi connectivity index (χ4v) is 1.28. The Bertz CT molecular complexity index is 420. The molecule has 2 heterocycles. The molecule has 0 aromatic carbocycles. The lowest BCUT2D eigenvalue weighted by Gasteiger charge is -2.04. The SMILES string of the molecule is Nc1nc(Cl)cc(NCc2cnc[nH]2)n1. The van der Waals surface area contributed by atoms with Crippen LogP contribution in [0.3, 0.4) is 0 Å². The molecule has 0 saturated carbocycles. The molecule has 0 unspecified atom stereocenters. The number of nitrogen functional groups attached to an aromatic ring is 1. The highest BCUT2D eigenvalue weighted by Crippen LogP contribution is 2.12. The molecule has 0 saturated heterocycles. The number of anilines is 2. The molecular formula is C8H9ClN6. The van der Waals surface area contributed by atoms with Gasteiger partial charge in [0.1, 0.15) is 11.0 Å². The second kappa shape index (κ2) is 4.14. The summed E-state index contributed by atoms with van der Waals surface area (Å²) in [5.74, 6) is 0.733. The van der Waals surface area contributed by atoms with Crippen LogP contribution >= 0.6 is 11.6 Å². The predicted octanol–water partition coefficient (Wildman–Crippen LogP) is 1.05. The molecule has 7 heteroatoms. The molecule has 2 aromatic rings. The Morgan fingerprint density at radius 1 is 1.47 bits per heavy atom. The van der Waals surface area contributed by atoms with Crippen LogP contribution in [0, 0.1) is 0 Å². The van der Waals surface area contributed by atoms with E-state index in [1.807, 2.05) is 0 Å². The van der Waals surface area contributed by atoms with Crippen LogP contribution in [0.4, 0.5) is 11.8 Å². The topological polar surface area (TPSA) is 92.5 Å². The van der Waals surface area contributed by atoms with Crippen molar-refractivity contribution in [3.63, 3.8) is 0 Å². The van der Waals surface area contributed by atoms with Crippen molar-refractivity contribution in [3.05, 3.63) is 29.4 Å². The first-order chi connectivity index (χ1) is 7.24. The van der Waals surface area contributed by atoms with Gasteiger partial charge in [-0.3, -0.25) is 0 Å². The summed E-state index contributed by atoms with van der Waals surface area (Å²) in [6, 6.07) is 1.61. The summed E-state index contributed by atoms with van der Waals surface area (Å²) in [4.78, 5) is 14.6. The summed E-state index contributed by atoms with van der Waals surface area (Å²) in [6.07, 6.45) is 3.33. The fraction of sp³-hybridized carbons (Fsp3) is 0.125. The van der Waals surface area contributed by atoms with Gasteiger partial charge in [0, 0.05) is 12.3 Å². The Morgan fingerprint density at radius 2 is 2.33 bits per heavy atom. The molecule has 0 atom stereocenters. The van der Waals surface area contributed by atoms with Gasteiger partial charge in [-0.15, -0.1) is 0 Å². The van der Waals surface area contributed by atoms with Gasteiger partial charge in [0.05, 0.1) is 18.6 Å². The third-order valence-corrected chi connectivity index (χ3v) is 1.92. The number of rotatable bonds is 3. The first-order valence-electron chi connectivity index (χ1n) is 4.25. The maximum atomic E-state index is 5.72. The molecule has 0 aliphatic rings. The number of aromatic amines is 1. The number of H-pyrrole nitrogens is 1. The molecule has 0 aliphatic heterocycles. The van der Waals surface area contributed by atoms with E-state index in [0.717, 1.165) is 5.69 Å². The summed E-state index contributed by atoms with van der Waals surface area (Å²) >= 11 is 5.72. The smallest absolute Gasteiger partial charge is 0.223 e. The Labute approximate surface area is 90.9 Å². The van der Waals surface area contributed by atoms with E-state index in [9.17, 15) is 0 Å². The van der Waals surface area contributed by atoms with Crippen LogP contribution in [0.2, 0.25) is 5.15 Å². The van der Waals surface area contributed by atoms with E-state index >= 15 is 0 Å². The van der Waals surface area contributed by atoms with E-state index in [4.69, 9.17) is 17.3 Å². The minimum Gasteiger partial charge on any atom is -0.368 e. The highest BCUT2D eigenvalue weighted by Gasteiger charge is 2.00. The normalized spacial score (nSPS) is 10.2. The molecule has 0 aliphatic carbocycles. The van der Waals surface area contributed by atoms with Gasteiger partial charge in [-0.1, -0.05) is 11.6 Å². The average Bonchev–Trinajstić information content (AvgIpc) is 2.65. The largest absolute Gasteiger partial charge is 0.368 e. The first-order valence-corrected chi connectivity index (χ1v) is 4.63. The van der Waals surface area contributed by atoms with Gasteiger partial charge in [0.2, 0.25) is 5.95 Å². The fourth-order valence-electron chi connectivity index (χ4n) is 1.09. The molecule has 4 N–H and O–H groups in total. The number of imidazole rings is 1. The van der Waals surface area contributed by atoms with E-state index in [1.54, 1.807) is 18.6 Å². The molecule has 0 amide bonds. The van der Waals surface area contributed by atoms with Gasteiger partial charge < -0.3 is 16.0 Å². The van der Waals surface area contributed by atoms with Crippen LogP contribution < -0.4 is 11.1 Å². The average molecular weight is 225 g/mol. The summed E-state index contributed by atoms with van der Waals surface area (Å²) in [5, 5.41) is 3.36. The molecule has 2 aromatic heterocycles. The van der Waals surface area contributed by atoms with Crippen molar-refractivity contribution in [2.45, 2.75) is 6.54 Å². The van der Waals surface area contributed by atoms with Crippen molar-refractivity contribution in [2.24, 2.45) is 0 Å². The van der Waals surface area contributed by atoms with Gasteiger partial charge in [-0.2, -0.15) is 4.98 Å². The van der Waals surface area contributed by atoms with E-state index in [1.165, 1.54) is 0 Å². The molecular weight excluding hydrogens is 216 g/mol. The Kier molecular flexibility index (Phi) is 2.68. The minimum absolute atomic E-state index is 0.148. The van der Waals surface area contributed by atoms with Gasteiger partial charge >= 0.3 is 0 Å². The summed E-state index contributed by atoms with van der Waals surface area (Å²) in [5.41, 5.74) is 6.39. The number of nitrogens with zero attached hydrogens (tertiary/aromatic N) is 3. The molecule has 0 bridgehead atoms. The lowest BCUT2D eigenvalue weighted by molar-refractivity contribution is 1.04. The monoisotopic (exact) mass is 224 g/mol. The number of nitrogens with one attached hydrogen (secondary N) is 2. The predicted molar refractivity (Wildman–Crippen MR) is 57.4 cm³/mol. The Hall–Kier alpha value is -1.82. The summed E-state index contributed by atoms with van der Waals surface area (Å²) in [6.45, 7) is 0.576. The van der Waals surface area contributed by atoms with Crippen LogP contribution in [0.15, 0.2) is 18.6 Å². The van der Waals surface area contributed by atoms with Crippen LogP contribution in [0.5, 0.6) is 0 Å². The van der Waals surface area contributed by atoms with Gasteiger partial charge in [-0.25, -0.2) is 9.97 Å². The van der Waals surface area contributed by atoms with E-state index in [-0.39, 0.29) is 5.95 Å². The molecule has 0 fully saturated rings. The lowest BCUT2D eigenvalue weighted by atomic mass is 10.4. The zero-order valence-corrected chi connectivity index (χ0v) is 8.49. The zero-order chi connectivity index (χ0) is 10.7. The van der Waals surface area contributed by atoms with E-state index in [2.05, 4.69) is 25.3 Å². The minimum atomic E-state index is 0.148. The van der Waals surface area contributed by atoms with Crippen molar-refractivity contribution >= 4 is 23.4 Å². The third-order valence-electron chi connectivity index (χ3n) is 1.73. The van der Waals surface area contributed by atoms with Crippen molar-refractivity contribution in [1.29, 1.82) is 0 Å². The number of nitrogens with two attached hydrogens (primary N) is 1. The van der Waals surface area contributed by atoms with Gasteiger partial charge in [0.25, 0.3) is 0 Å². The highest BCUT2D eigenvalue weighted by atomic mass is 35.5. The van der Waals surface area contributed by atoms with Crippen LogP contribution in [-0.4, -0.2) is 19.9 Å². The second-order valence-electron chi connectivity index (χ2n) is 2.86. The lowest BCUT2D eigenvalue weighted by Crippen LogP contribution is -2.04. The van der Waals surface area contributed by atoms with E-state index < -0.39 is 0 Å². The van der Waals surface area contributed by atoms with Crippen molar-refractivity contribution in [2.75, 3.05) is 11.1 Å². The molecule has 6 nitrogen and oxygen atoms in total. The van der Waals surface area contributed by atoms with Crippen LogP contribution in [0.1, 0.15) is 5.69 Å². The number of hydrogen-bond donors (Lipinski definition) is 3. The van der Waals surface area contributed by atoms with Gasteiger partial charge in [0.15, 0.2) is 0 Å². The Balaban J connectivity index is 2.05. The van der Waals surface area contributed by atoms with Crippen LogP contribution in [0.25, 0.3) is 0 Å². The Morgan fingerprint density at radius 3 is 3.00 bits per heavy atom. The third kappa shape index (κ3) is 2.57. The number of halogens is 1. The van der Waals surface area contributed by atoms with Gasteiger partial charge in [-0.05, 0) is 0 Å². The summed E-state index contributed by atoms with van der Waals surface area (Å²) < 4.78 is 0. The standard InChI is InChI=1S/C8H9ClN6/c9-6-1-7(15-8(10)14-6)12-3-5-2-11-4-13-5/h1-2,4H,3H2,(H,11,13)(H3,10,12,14,15). The second-order valence-corrected chi connectivity index (χ2v) is 3.25. The summed E-state index contributed by atoms with van der Waals surface area (Å²) in [7, 11) is 0. The van der Waals surface area contributed by atoms with Crippen molar-refractivity contribution in [1.82, 2.24) is 19.9 Å². The molecule has 0 radical (unpaired) electrons. The zero-order valence-electron chi connectivity index (χ0n) is 7.74. The quantitative estimate of drug-likeness (QED) is 0.678. The molecule has 15 heavy (non-hydrogen) atoms. The number of hydrogen-bond acceptors (Lipinski definition) is 5. The molecule has 2 rings (SSSR count). The molecule has 78 valence electrons. The molecule has 0 spiro atoms. The van der Waals surface area contributed by atoms with Crippen molar-refractivity contribution < 1.29 is 0 Å². The first kappa shape index (κ1) is 9.72. The maximum Gasteiger partial charge on any atom is 0.223 e. The van der Waals surface area contributed by atoms with Crippen molar-refractivity contribution in [3.8, 4) is 0 Å². The maximum absolute atomic E-state index is 5.72. The number of aromatic nitrogens is 4. The highest BCUT2D eigenvalue weighted by molar-refractivity contribution is 6.29.